The summed E-state index contributed by atoms with van der Waals surface area (Å²) in [4.78, 5) is 20.3. The Hall–Kier alpha value is -2.60. The summed E-state index contributed by atoms with van der Waals surface area (Å²) >= 11 is 1.61. The molecule has 5 nitrogen and oxygen atoms in total. The Morgan fingerprint density at radius 3 is 2.74 bits per heavy atom. The number of carbonyl (C=O) groups is 1. The number of para-hydroxylation sites is 1. The number of amides is 1. The molecule has 6 heteroatoms. The van der Waals surface area contributed by atoms with Gasteiger partial charge in [-0.25, -0.2) is 4.98 Å². The van der Waals surface area contributed by atoms with Crippen LogP contribution in [0.4, 0.5) is 0 Å². The zero-order valence-corrected chi connectivity index (χ0v) is 16.3. The maximum absolute atomic E-state index is 12.8. The second-order valence-electron chi connectivity index (χ2n) is 6.74. The van der Waals surface area contributed by atoms with E-state index in [2.05, 4.69) is 11.1 Å². The summed E-state index contributed by atoms with van der Waals surface area (Å²) in [7, 11) is 0. The number of oxazole rings is 1. The van der Waals surface area contributed by atoms with Crippen LogP contribution in [0.3, 0.4) is 0 Å². The lowest BCUT2D eigenvalue weighted by Gasteiger charge is -2.17. The van der Waals surface area contributed by atoms with E-state index in [1.807, 2.05) is 48.4 Å². The van der Waals surface area contributed by atoms with E-state index in [0.717, 1.165) is 47.8 Å². The molecule has 27 heavy (non-hydrogen) atoms. The number of benzene rings is 1. The zero-order chi connectivity index (χ0) is 18.8. The molecule has 0 aliphatic carbocycles. The fraction of sp³-hybridized carbons (Fsp3) is 0.333. The predicted molar refractivity (Wildman–Crippen MR) is 105 cm³/mol. The van der Waals surface area contributed by atoms with Gasteiger partial charge in [0, 0.05) is 13.1 Å². The highest BCUT2D eigenvalue weighted by Crippen LogP contribution is 2.30. The molecule has 0 radical (unpaired) electrons. The first-order valence-electron chi connectivity index (χ1n) is 9.15. The molecule has 1 aliphatic rings. The Balaban J connectivity index is 1.52. The van der Waals surface area contributed by atoms with Crippen LogP contribution in [-0.2, 0) is 6.61 Å². The van der Waals surface area contributed by atoms with E-state index >= 15 is 0 Å². The van der Waals surface area contributed by atoms with Crippen molar-refractivity contribution in [2.24, 2.45) is 0 Å². The molecule has 3 aromatic rings. The molecule has 0 bridgehead atoms. The van der Waals surface area contributed by atoms with Crippen molar-refractivity contribution in [1.29, 1.82) is 0 Å². The molecule has 0 saturated carbocycles. The molecule has 1 aromatic carbocycles. The van der Waals surface area contributed by atoms with Crippen molar-refractivity contribution in [2.45, 2.75) is 33.3 Å². The van der Waals surface area contributed by atoms with E-state index in [9.17, 15) is 4.79 Å². The summed E-state index contributed by atoms with van der Waals surface area (Å²) in [5.41, 5.74) is 2.51. The maximum atomic E-state index is 12.8. The maximum Gasteiger partial charge on any atom is 0.257 e. The number of nitrogens with zero attached hydrogens (tertiary/aromatic N) is 2. The number of hydrogen-bond acceptors (Lipinski definition) is 5. The van der Waals surface area contributed by atoms with E-state index in [1.54, 1.807) is 11.3 Å². The number of carbonyl (C=O) groups excluding carboxylic acids is 1. The topological polar surface area (TPSA) is 55.6 Å². The van der Waals surface area contributed by atoms with Gasteiger partial charge in [0.25, 0.3) is 5.91 Å². The van der Waals surface area contributed by atoms with Gasteiger partial charge in [0.15, 0.2) is 0 Å². The number of aromatic nitrogens is 1. The first-order chi connectivity index (χ1) is 13.1. The van der Waals surface area contributed by atoms with Crippen LogP contribution in [0.25, 0.3) is 10.8 Å². The van der Waals surface area contributed by atoms with Crippen molar-refractivity contribution in [2.75, 3.05) is 13.1 Å². The summed E-state index contributed by atoms with van der Waals surface area (Å²) < 4.78 is 11.8. The predicted octanol–water partition coefficient (Wildman–Crippen LogP) is 4.83. The normalized spacial score (nSPS) is 13.9. The molecule has 0 atom stereocenters. The van der Waals surface area contributed by atoms with Gasteiger partial charge in [-0.2, -0.15) is 0 Å². The smallest absolute Gasteiger partial charge is 0.257 e. The van der Waals surface area contributed by atoms with Gasteiger partial charge in [-0.05, 0) is 55.8 Å². The summed E-state index contributed by atoms with van der Waals surface area (Å²) in [6.45, 7) is 5.84. The molecule has 140 valence electrons. The Bertz CT molecular complexity index is 954. The Kier molecular flexibility index (Phi) is 4.99. The molecule has 0 N–H and O–H groups in total. The van der Waals surface area contributed by atoms with Gasteiger partial charge in [-0.1, -0.05) is 12.1 Å². The molecule has 0 spiro atoms. The van der Waals surface area contributed by atoms with Gasteiger partial charge in [0.1, 0.15) is 23.8 Å². The largest absolute Gasteiger partial charge is 0.486 e. The van der Waals surface area contributed by atoms with Crippen LogP contribution in [-0.4, -0.2) is 28.9 Å². The SMILES string of the molecule is Cc1ccsc1-c1nc(COc2ccccc2C(=O)N2CCCC2)c(C)o1. The Morgan fingerprint density at radius 1 is 1.22 bits per heavy atom. The minimum atomic E-state index is 0.0369. The second kappa shape index (κ2) is 7.56. The molecule has 1 aliphatic heterocycles. The molecular formula is C21H22N2O3S. The fourth-order valence-corrected chi connectivity index (χ4v) is 4.11. The lowest BCUT2D eigenvalue weighted by molar-refractivity contribution is 0.0788. The van der Waals surface area contributed by atoms with Gasteiger partial charge >= 0.3 is 0 Å². The molecule has 1 fully saturated rings. The standard InChI is InChI=1S/C21H22N2O3S/c1-14-9-12-27-19(14)20-22-17(15(2)26-20)13-25-18-8-4-3-7-16(18)21(24)23-10-5-6-11-23/h3-4,7-9,12H,5-6,10-11,13H2,1-2H3. The van der Waals surface area contributed by atoms with Gasteiger partial charge in [0.2, 0.25) is 5.89 Å². The lowest BCUT2D eigenvalue weighted by Crippen LogP contribution is -2.28. The highest BCUT2D eigenvalue weighted by molar-refractivity contribution is 7.13. The Labute approximate surface area is 162 Å². The monoisotopic (exact) mass is 382 g/mol. The van der Waals surface area contributed by atoms with Gasteiger partial charge in [0.05, 0.1) is 10.4 Å². The van der Waals surface area contributed by atoms with E-state index in [-0.39, 0.29) is 12.5 Å². The van der Waals surface area contributed by atoms with Crippen molar-refractivity contribution in [3.8, 4) is 16.5 Å². The lowest BCUT2D eigenvalue weighted by atomic mass is 10.1. The first-order valence-corrected chi connectivity index (χ1v) is 10.0. The summed E-state index contributed by atoms with van der Waals surface area (Å²) in [6.07, 6.45) is 2.13. The van der Waals surface area contributed by atoms with Crippen molar-refractivity contribution in [3.63, 3.8) is 0 Å². The number of ether oxygens (including phenoxy) is 1. The van der Waals surface area contributed by atoms with Crippen LogP contribution in [0.5, 0.6) is 5.75 Å². The molecule has 0 unspecified atom stereocenters. The third kappa shape index (κ3) is 3.62. The fourth-order valence-electron chi connectivity index (χ4n) is 3.26. The average Bonchev–Trinajstić information content (AvgIpc) is 3.41. The van der Waals surface area contributed by atoms with Crippen molar-refractivity contribution >= 4 is 17.2 Å². The highest BCUT2D eigenvalue weighted by Gasteiger charge is 2.23. The van der Waals surface area contributed by atoms with Crippen LogP contribution in [0, 0.1) is 13.8 Å². The minimum Gasteiger partial charge on any atom is -0.486 e. The van der Waals surface area contributed by atoms with Crippen molar-refractivity contribution in [1.82, 2.24) is 9.88 Å². The number of likely N-dealkylation sites (tertiary alicyclic amines) is 1. The molecule has 1 amide bonds. The van der Waals surface area contributed by atoms with Gasteiger partial charge < -0.3 is 14.1 Å². The van der Waals surface area contributed by atoms with Gasteiger partial charge in [-0.15, -0.1) is 11.3 Å². The van der Waals surface area contributed by atoms with Crippen LogP contribution in [0.2, 0.25) is 0 Å². The van der Waals surface area contributed by atoms with Crippen molar-refractivity contribution < 1.29 is 13.9 Å². The third-order valence-corrected chi connectivity index (χ3v) is 5.83. The van der Waals surface area contributed by atoms with Gasteiger partial charge in [-0.3, -0.25) is 4.79 Å². The summed E-state index contributed by atoms with van der Waals surface area (Å²) in [5, 5.41) is 2.03. The number of hydrogen-bond donors (Lipinski definition) is 0. The molecular weight excluding hydrogens is 360 g/mol. The molecule has 3 heterocycles. The van der Waals surface area contributed by atoms with E-state index in [0.29, 0.717) is 17.2 Å². The van der Waals surface area contributed by atoms with Crippen LogP contribution >= 0.6 is 11.3 Å². The summed E-state index contributed by atoms with van der Waals surface area (Å²) in [6, 6.07) is 9.46. The van der Waals surface area contributed by atoms with E-state index < -0.39 is 0 Å². The molecule has 1 saturated heterocycles. The Morgan fingerprint density at radius 2 is 2.00 bits per heavy atom. The first kappa shape index (κ1) is 17.8. The molecule has 4 rings (SSSR count). The summed E-state index contributed by atoms with van der Waals surface area (Å²) in [5.74, 6) is 1.99. The van der Waals surface area contributed by atoms with E-state index in [1.165, 1.54) is 0 Å². The zero-order valence-electron chi connectivity index (χ0n) is 15.5. The third-order valence-electron chi connectivity index (χ3n) is 4.82. The van der Waals surface area contributed by atoms with Crippen molar-refractivity contribution in [3.05, 3.63) is 58.3 Å². The van der Waals surface area contributed by atoms with Crippen LogP contribution in [0.1, 0.15) is 40.2 Å². The quantitative estimate of drug-likeness (QED) is 0.634. The highest BCUT2D eigenvalue weighted by atomic mass is 32.1. The second-order valence-corrected chi connectivity index (χ2v) is 7.65. The minimum absolute atomic E-state index is 0.0369. The van der Waals surface area contributed by atoms with Crippen LogP contribution in [0.15, 0.2) is 40.1 Å². The van der Waals surface area contributed by atoms with Crippen LogP contribution < -0.4 is 4.74 Å². The van der Waals surface area contributed by atoms with E-state index in [4.69, 9.17) is 9.15 Å². The molecule has 2 aromatic heterocycles. The number of aryl methyl sites for hydroxylation is 2. The number of rotatable bonds is 5. The number of thiophene rings is 1. The average molecular weight is 382 g/mol.